The molecule has 0 saturated heterocycles. The Balaban J connectivity index is 1.97. The van der Waals surface area contributed by atoms with Crippen molar-refractivity contribution < 1.29 is 19.3 Å². The number of benzene rings is 3. The second kappa shape index (κ2) is 5.33. The average Bonchev–Trinajstić information content (AvgIpc) is 3.29. The first kappa shape index (κ1) is 15.0. The molecule has 0 saturated carbocycles. The first-order valence-electron chi connectivity index (χ1n) is 8.38. The molecule has 5 rings (SSSR count). The number of methoxy groups -OCH3 is 1. The van der Waals surface area contributed by atoms with Gasteiger partial charge in [0.15, 0.2) is 17.4 Å². The van der Waals surface area contributed by atoms with E-state index < -0.39 is 0 Å². The van der Waals surface area contributed by atoms with Crippen LogP contribution in [0.15, 0.2) is 42.6 Å². The maximum absolute atomic E-state index is 10.4. The van der Waals surface area contributed by atoms with Crippen LogP contribution in [-0.4, -0.2) is 24.0 Å². The molecule has 0 atom stereocenters. The fraction of sp³-hybridized carbons (Fsp3) is 0.143. The summed E-state index contributed by atoms with van der Waals surface area (Å²) in [7, 11) is 1.65. The van der Waals surface area contributed by atoms with E-state index in [1.807, 2.05) is 49.5 Å². The topological polar surface area (TPSA) is 63.7 Å². The third-order valence-electron chi connectivity index (χ3n) is 5.08. The smallest absolute Gasteiger partial charge is 0.231 e. The van der Waals surface area contributed by atoms with E-state index in [0.717, 1.165) is 55.5 Å². The molecule has 0 amide bonds. The van der Waals surface area contributed by atoms with E-state index in [-0.39, 0.29) is 12.7 Å². The number of aryl methyl sites for hydroxylation is 1. The Morgan fingerprint density at radius 3 is 2.58 bits per heavy atom. The first-order chi connectivity index (χ1) is 12.7. The summed E-state index contributed by atoms with van der Waals surface area (Å²) in [5.41, 5.74) is 3.02. The highest BCUT2D eigenvalue weighted by Gasteiger charge is 2.24. The van der Waals surface area contributed by atoms with Crippen molar-refractivity contribution in [3.63, 3.8) is 0 Å². The van der Waals surface area contributed by atoms with Crippen LogP contribution in [0.25, 0.3) is 32.7 Å². The van der Waals surface area contributed by atoms with Gasteiger partial charge >= 0.3 is 0 Å². The van der Waals surface area contributed by atoms with Crippen LogP contribution in [-0.2, 0) is 0 Å². The fourth-order valence-electron chi connectivity index (χ4n) is 3.85. The lowest BCUT2D eigenvalue weighted by Gasteiger charge is -2.15. The lowest BCUT2D eigenvalue weighted by molar-refractivity contribution is 0.175. The number of nitrogens with one attached hydrogen (secondary N) is 1. The molecule has 1 aliphatic rings. The van der Waals surface area contributed by atoms with E-state index in [1.165, 1.54) is 0 Å². The maximum Gasteiger partial charge on any atom is 0.231 e. The molecule has 0 bridgehead atoms. The molecule has 4 aromatic rings. The van der Waals surface area contributed by atoms with Gasteiger partial charge in [0.2, 0.25) is 6.79 Å². The largest absolute Gasteiger partial charge is 0.497 e. The normalized spacial score (nSPS) is 12.8. The summed E-state index contributed by atoms with van der Waals surface area (Å²) >= 11 is 0. The van der Waals surface area contributed by atoms with Gasteiger partial charge in [0, 0.05) is 27.9 Å². The highest BCUT2D eigenvalue weighted by molar-refractivity contribution is 6.18. The molecule has 2 heterocycles. The van der Waals surface area contributed by atoms with E-state index >= 15 is 0 Å². The molecule has 3 aromatic carbocycles. The molecule has 1 aliphatic heterocycles. The number of fused-ring (bicyclic) bond motifs is 4. The van der Waals surface area contributed by atoms with E-state index in [4.69, 9.17) is 14.2 Å². The molecular weight excluding hydrogens is 330 g/mol. The number of ether oxygens (including phenoxy) is 3. The van der Waals surface area contributed by atoms with Crippen molar-refractivity contribution in [3.05, 3.63) is 48.2 Å². The molecule has 0 aliphatic carbocycles. The van der Waals surface area contributed by atoms with Crippen LogP contribution in [0.5, 0.6) is 23.1 Å². The summed E-state index contributed by atoms with van der Waals surface area (Å²) in [4.78, 5) is 2.95. The van der Waals surface area contributed by atoms with Crippen LogP contribution < -0.4 is 14.2 Å². The molecule has 5 heteroatoms. The zero-order chi connectivity index (χ0) is 17.8. The Morgan fingerprint density at radius 2 is 1.81 bits per heavy atom. The molecule has 0 spiro atoms. The van der Waals surface area contributed by atoms with Crippen molar-refractivity contribution >= 4 is 21.5 Å². The van der Waals surface area contributed by atoms with Gasteiger partial charge in [-0.1, -0.05) is 18.2 Å². The Morgan fingerprint density at radius 1 is 1.00 bits per heavy atom. The molecule has 0 unspecified atom stereocenters. The minimum Gasteiger partial charge on any atom is -0.497 e. The second-order valence-corrected chi connectivity index (χ2v) is 6.38. The van der Waals surface area contributed by atoms with Gasteiger partial charge in [-0.05, 0) is 41.6 Å². The lowest BCUT2D eigenvalue weighted by Crippen LogP contribution is -1.94. The van der Waals surface area contributed by atoms with Gasteiger partial charge in [-0.25, -0.2) is 0 Å². The third kappa shape index (κ3) is 1.91. The fourth-order valence-corrected chi connectivity index (χ4v) is 3.85. The van der Waals surface area contributed by atoms with Gasteiger partial charge in [-0.2, -0.15) is 0 Å². The van der Waals surface area contributed by atoms with Crippen LogP contribution in [0.4, 0.5) is 0 Å². The Kier molecular flexibility index (Phi) is 3.06. The van der Waals surface area contributed by atoms with Crippen LogP contribution in [0.1, 0.15) is 5.56 Å². The number of hydrogen-bond donors (Lipinski definition) is 2. The Labute approximate surface area is 149 Å². The van der Waals surface area contributed by atoms with Gasteiger partial charge in [-0.3, -0.25) is 0 Å². The van der Waals surface area contributed by atoms with Gasteiger partial charge in [-0.15, -0.1) is 0 Å². The van der Waals surface area contributed by atoms with E-state index in [1.54, 1.807) is 7.11 Å². The summed E-state index contributed by atoms with van der Waals surface area (Å²) in [6, 6.07) is 11.8. The monoisotopic (exact) mass is 347 g/mol. The highest BCUT2D eigenvalue weighted by Crippen LogP contribution is 2.49. The molecular formula is C21H17NO4. The number of aromatic amines is 1. The lowest BCUT2D eigenvalue weighted by atomic mass is 9.90. The number of H-pyrrole nitrogens is 1. The third-order valence-corrected chi connectivity index (χ3v) is 5.08. The van der Waals surface area contributed by atoms with E-state index in [2.05, 4.69) is 4.98 Å². The molecule has 26 heavy (non-hydrogen) atoms. The number of hydrogen-bond acceptors (Lipinski definition) is 4. The van der Waals surface area contributed by atoms with Crippen molar-refractivity contribution in [1.29, 1.82) is 0 Å². The molecule has 5 nitrogen and oxygen atoms in total. The molecule has 130 valence electrons. The summed E-state index contributed by atoms with van der Waals surface area (Å²) < 4.78 is 16.7. The predicted octanol–water partition coefficient (Wildman–Crippen LogP) is 4.74. The van der Waals surface area contributed by atoms with Gasteiger partial charge < -0.3 is 24.3 Å². The summed E-state index contributed by atoms with van der Waals surface area (Å²) in [5, 5.41) is 14.2. The predicted molar refractivity (Wildman–Crippen MR) is 100 cm³/mol. The minimum absolute atomic E-state index is 0.173. The maximum atomic E-state index is 10.4. The van der Waals surface area contributed by atoms with Crippen molar-refractivity contribution in [2.45, 2.75) is 6.92 Å². The van der Waals surface area contributed by atoms with Crippen LogP contribution in [0.2, 0.25) is 0 Å². The van der Waals surface area contributed by atoms with E-state index in [9.17, 15) is 5.11 Å². The van der Waals surface area contributed by atoms with Crippen molar-refractivity contribution in [2.75, 3.05) is 13.9 Å². The van der Waals surface area contributed by atoms with Crippen LogP contribution in [0, 0.1) is 6.92 Å². The zero-order valence-electron chi connectivity index (χ0n) is 14.4. The van der Waals surface area contributed by atoms with Crippen LogP contribution in [0.3, 0.4) is 0 Å². The van der Waals surface area contributed by atoms with Gasteiger partial charge in [0.1, 0.15) is 5.75 Å². The van der Waals surface area contributed by atoms with Gasteiger partial charge in [0.25, 0.3) is 0 Å². The van der Waals surface area contributed by atoms with Crippen molar-refractivity contribution in [3.8, 4) is 34.3 Å². The SMILES string of the molecule is COc1ccc(-c2c3c[nH]c(O)c3c(C)c3ccc4c(c23)OCO4)cc1. The minimum atomic E-state index is 0.173. The zero-order valence-corrected chi connectivity index (χ0v) is 14.4. The van der Waals surface area contributed by atoms with E-state index in [0.29, 0.717) is 0 Å². The van der Waals surface area contributed by atoms with Crippen molar-refractivity contribution in [1.82, 2.24) is 4.98 Å². The number of aromatic hydroxyl groups is 1. The number of aromatic nitrogens is 1. The highest BCUT2D eigenvalue weighted by atomic mass is 16.7. The Hall–Kier alpha value is -3.34. The van der Waals surface area contributed by atoms with Gasteiger partial charge in [0.05, 0.1) is 7.11 Å². The standard InChI is InChI=1S/C21H17NO4/c1-11-14-7-8-16-20(26-10-25-16)19(14)18(15-9-22-21(23)17(11)15)12-3-5-13(24-2)6-4-12/h3-9,22-23H,10H2,1-2H3. The average molecular weight is 347 g/mol. The quantitative estimate of drug-likeness (QED) is 0.550. The second-order valence-electron chi connectivity index (χ2n) is 6.38. The Bertz CT molecular complexity index is 1160. The number of rotatable bonds is 2. The molecule has 0 fully saturated rings. The summed E-state index contributed by atoms with van der Waals surface area (Å²) in [6.07, 6.45) is 1.84. The molecule has 0 radical (unpaired) electrons. The molecule has 1 aromatic heterocycles. The summed E-state index contributed by atoms with van der Waals surface area (Å²) in [5.74, 6) is 2.46. The molecule has 2 N–H and O–H groups in total. The van der Waals surface area contributed by atoms with Crippen molar-refractivity contribution in [2.24, 2.45) is 0 Å². The first-order valence-corrected chi connectivity index (χ1v) is 8.38. The summed E-state index contributed by atoms with van der Waals surface area (Å²) in [6.45, 7) is 2.23. The van der Waals surface area contributed by atoms with Crippen LogP contribution >= 0.6 is 0 Å².